The van der Waals surface area contributed by atoms with E-state index < -0.39 is 10.0 Å². The van der Waals surface area contributed by atoms with Crippen LogP contribution in [-0.4, -0.2) is 73.1 Å². The lowest BCUT2D eigenvalue weighted by Gasteiger charge is -2.44. The predicted octanol–water partition coefficient (Wildman–Crippen LogP) is 2.33. The van der Waals surface area contributed by atoms with Gasteiger partial charge in [-0.15, -0.1) is 0 Å². The maximum atomic E-state index is 13.3. The van der Waals surface area contributed by atoms with Gasteiger partial charge in [-0.3, -0.25) is 9.59 Å². The quantitative estimate of drug-likeness (QED) is 0.733. The van der Waals surface area contributed by atoms with Crippen LogP contribution in [0.15, 0.2) is 29.2 Å². The number of fused-ring (bicyclic) bond motifs is 1. The first kappa shape index (κ1) is 21.3. The Kier molecular flexibility index (Phi) is 6.16. The summed E-state index contributed by atoms with van der Waals surface area (Å²) in [5.41, 5.74) is 0.449. The minimum absolute atomic E-state index is 0.0396. The second-order valence-electron chi connectivity index (χ2n) is 8.69. The molecule has 1 aromatic carbocycles. The van der Waals surface area contributed by atoms with E-state index in [0.717, 1.165) is 25.8 Å². The fourth-order valence-electron chi connectivity index (χ4n) is 5.22. The van der Waals surface area contributed by atoms with Crippen molar-refractivity contribution in [3.63, 3.8) is 0 Å². The number of likely N-dealkylation sites (tertiary alicyclic amines) is 1. The highest BCUT2D eigenvalue weighted by Crippen LogP contribution is 2.36. The van der Waals surface area contributed by atoms with E-state index >= 15 is 0 Å². The molecule has 0 N–H and O–H groups in total. The monoisotopic (exact) mass is 433 g/mol. The lowest BCUT2D eigenvalue weighted by molar-refractivity contribution is -0.129. The summed E-state index contributed by atoms with van der Waals surface area (Å²) in [6, 6.07) is 6.76. The van der Waals surface area contributed by atoms with Crippen molar-refractivity contribution in [1.29, 1.82) is 0 Å². The van der Waals surface area contributed by atoms with E-state index in [1.165, 1.54) is 36.6 Å². The van der Waals surface area contributed by atoms with E-state index in [2.05, 4.69) is 0 Å². The molecule has 0 radical (unpaired) electrons. The van der Waals surface area contributed by atoms with E-state index in [-0.39, 0.29) is 29.8 Å². The van der Waals surface area contributed by atoms with Crippen LogP contribution in [0.25, 0.3) is 0 Å². The summed E-state index contributed by atoms with van der Waals surface area (Å²) < 4.78 is 27.7. The number of hydrogen-bond acceptors (Lipinski definition) is 4. The topological polar surface area (TPSA) is 78.0 Å². The SMILES string of the molecule is CC(=O)N1CCN(S(=O)(=O)c2cccc(C(=O)N3CCC[C@@H]4CCCC[C@@H]43)c2)CC1. The van der Waals surface area contributed by atoms with Crippen molar-refractivity contribution >= 4 is 21.8 Å². The van der Waals surface area contributed by atoms with Gasteiger partial charge in [0.05, 0.1) is 4.90 Å². The van der Waals surface area contributed by atoms with Crippen molar-refractivity contribution in [2.45, 2.75) is 56.4 Å². The number of rotatable bonds is 3. The molecular formula is C22H31N3O4S. The molecule has 2 atom stereocenters. The number of nitrogens with zero attached hydrogens (tertiary/aromatic N) is 3. The molecule has 30 heavy (non-hydrogen) atoms. The molecule has 7 nitrogen and oxygen atoms in total. The molecule has 3 aliphatic rings. The Morgan fingerprint density at radius 2 is 1.63 bits per heavy atom. The number of benzene rings is 1. The molecule has 164 valence electrons. The summed E-state index contributed by atoms with van der Waals surface area (Å²) in [6.45, 7) is 3.58. The van der Waals surface area contributed by atoms with Gasteiger partial charge < -0.3 is 9.80 Å². The van der Waals surface area contributed by atoms with Gasteiger partial charge in [0.15, 0.2) is 0 Å². The smallest absolute Gasteiger partial charge is 0.254 e. The summed E-state index contributed by atoms with van der Waals surface area (Å²) in [5.74, 6) is 0.494. The van der Waals surface area contributed by atoms with Crippen LogP contribution in [0.4, 0.5) is 0 Å². The van der Waals surface area contributed by atoms with Crippen LogP contribution in [-0.2, 0) is 14.8 Å². The second kappa shape index (κ2) is 8.67. The highest BCUT2D eigenvalue weighted by molar-refractivity contribution is 7.89. The lowest BCUT2D eigenvalue weighted by Crippen LogP contribution is -2.50. The normalized spacial score (nSPS) is 25.6. The van der Waals surface area contributed by atoms with Crippen molar-refractivity contribution in [3.05, 3.63) is 29.8 Å². The van der Waals surface area contributed by atoms with Crippen molar-refractivity contribution in [3.8, 4) is 0 Å². The maximum absolute atomic E-state index is 13.3. The fraction of sp³-hybridized carbons (Fsp3) is 0.636. The molecule has 2 heterocycles. The van der Waals surface area contributed by atoms with E-state index in [0.29, 0.717) is 30.6 Å². The number of piperazine rings is 1. The van der Waals surface area contributed by atoms with Gasteiger partial charge in [-0.1, -0.05) is 18.9 Å². The second-order valence-corrected chi connectivity index (χ2v) is 10.6. The summed E-state index contributed by atoms with van der Waals surface area (Å²) in [5, 5.41) is 0. The van der Waals surface area contributed by atoms with E-state index in [4.69, 9.17) is 0 Å². The van der Waals surface area contributed by atoms with Gasteiger partial charge in [0.1, 0.15) is 0 Å². The number of carbonyl (C=O) groups is 2. The average molecular weight is 434 g/mol. The molecule has 8 heteroatoms. The number of sulfonamides is 1. The van der Waals surface area contributed by atoms with Crippen LogP contribution in [0.1, 0.15) is 55.8 Å². The predicted molar refractivity (Wildman–Crippen MR) is 113 cm³/mol. The summed E-state index contributed by atoms with van der Waals surface area (Å²) in [6.07, 6.45) is 6.85. The molecule has 1 aliphatic carbocycles. The molecule has 2 amide bonds. The van der Waals surface area contributed by atoms with Crippen LogP contribution in [0, 0.1) is 5.92 Å². The highest BCUT2D eigenvalue weighted by atomic mass is 32.2. The fourth-order valence-corrected chi connectivity index (χ4v) is 6.69. The molecule has 2 saturated heterocycles. The van der Waals surface area contributed by atoms with Crippen LogP contribution >= 0.6 is 0 Å². The van der Waals surface area contributed by atoms with Crippen molar-refractivity contribution < 1.29 is 18.0 Å². The standard InChI is InChI=1S/C22H31N3O4S/c1-17(26)23-12-14-24(15-13-23)30(28,29)20-9-4-7-19(16-20)22(27)25-11-5-8-18-6-2-3-10-21(18)25/h4,7,9,16,18,21H,2-3,5-6,8,10-15H2,1H3/t18-,21-/m0/s1. The third-order valence-electron chi connectivity index (χ3n) is 6.91. The Bertz CT molecular complexity index is 907. The van der Waals surface area contributed by atoms with Crippen LogP contribution in [0.3, 0.4) is 0 Å². The molecule has 1 aromatic rings. The van der Waals surface area contributed by atoms with Gasteiger partial charge in [-0.2, -0.15) is 4.31 Å². The third-order valence-corrected chi connectivity index (χ3v) is 8.80. The van der Waals surface area contributed by atoms with Gasteiger partial charge >= 0.3 is 0 Å². The Morgan fingerprint density at radius 1 is 0.933 bits per heavy atom. The zero-order valence-electron chi connectivity index (χ0n) is 17.6. The van der Waals surface area contributed by atoms with E-state index in [1.807, 2.05) is 4.90 Å². The number of hydrogen-bond donors (Lipinski definition) is 0. The summed E-state index contributed by atoms with van der Waals surface area (Å²) in [4.78, 5) is 28.6. The maximum Gasteiger partial charge on any atom is 0.254 e. The number of carbonyl (C=O) groups excluding carboxylic acids is 2. The number of piperidine rings is 1. The molecule has 3 fully saturated rings. The van der Waals surface area contributed by atoms with Gasteiger partial charge in [-0.05, 0) is 49.8 Å². The van der Waals surface area contributed by atoms with E-state index in [1.54, 1.807) is 23.1 Å². The van der Waals surface area contributed by atoms with Crippen LogP contribution in [0.5, 0.6) is 0 Å². The minimum Gasteiger partial charge on any atom is -0.340 e. The largest absolute Gasteiger partial charge is 0.340 e. The first-order valence-corrected chi connectivity index (χ1v) is 12.5. The van der Waals surface area contributed by atoms with Crippen molar-refractivity contribution in [1.82, 2.24) is 14.1 Å². The molecule has 4 rings (SSSR count). The Morgan fingerprint density at radius 3 is 2.37 bits per heavy atom. The zero-order valence-corrected chi connectivity index (χ0v) is 18.4. The zero-order chi connectivity index (χ0) is 21.3. The Hall–Kier alpha value is -1.93. The van der Waals surface area contributed by atoms with Crippen molar-refractivity contribution in [2.75, 3.05) is 32.7 Å². The van der Waals surface area contributed by atoms with Crippen LogP contribution < -0.4 is 0 Å². The van der Waals surface area contributed by atoms with Crippen LogP contribution in [0.2, 0.25) is 0 Å². The molecule has 0 spiro atoms. The molecule has 0 aromatic heterocycles. The van der Waals surface area contributed by atoms with E-state index in [9.17, 15) is 18.0 Å². The average Bonchev–Trinajstić information content (AvgIpc) is 2.78. The van der Waals surface area contributed by atoms with Crippen molar-refractivity contribution in [2.24, 2.45) is 5.92 Å². The highest BCUT2D eigenvalue weighted by Gasteiger charge is 2.36. The number of amides is 2. The Labute approximate surface area is 179 Å². The molecule has 2 aliphatic heterocycles. The minimum atomic E-state index is -3.70. The van der Waals surface area contributed by atoms with Gasteiger partial charge in [0.2, 0.25) is 15.9 Å². The molecular weight excluding hydrogens is 402 g/mol. The summed E-state index contributed by atoms with van der Waals surface area (Å²) in [7, 11) is -3.70. The Balaban J connectivity index is 1.52. The lowest BCUT2D eigenvalue weighted by atomic mass is 9.78. The first-order valence-electron chi connectivity index (χ1n) is 11.0. The first-order chi connectivity index (χ1) is 14.4. The van der Waals surface area contributed by atoms with Gasteiger partial charge in [0, 0.05) is 51.3 Å². The molecule has 1 saturated carbocycles. The molecule has 0 unspecified atom stereocenters. The van der Waals surface area contributed by atoms with Gasteiger partial charge in [0.25, 0.3) is 5.91 Å². The summed E-state index contributed by atoms with van der Waals surface area (Å²) >= 11 is 0. The third kappa shape index (κ3) is 4.12. The molecule has 0 bridgehead atoms. The van der Waals surface area contributed by atoms with Gasteiger partial charge in [-0.25, -0.2) is 8.42 Å².